The van der Waals surface area contributed by atoms with Gasteiger partial charge in [0, 0.05) is 6.08 Å². The molecule has 1 heterocycles. The predicted octanol–water partition coefficient (Wildman–Crippen LogP) is 0.724. The molecule has 4 heteroatoms. The van der Waals surface area contributed by atoms with Gasteiger partial charge in [0.05, 0.1) is 6.34 Å². The van der Waals surface area contributed by atoms with Crippen LogP contribution in [0.15, 0.2) is 17.0 Å². The molecule has 8 heavy (non-hydrogen) atoms. The summed E-state index contributed by atoms with van der Waals surface area (Å²) in [6, 6.07) is 0. The predicted molar refractivity (Wildman–Crippen MR) is 25.7 cm³/mol. The quantitative estimate of drug-likeness (QED) is 0.466. The maximum Gasteiger partial charge on any atom is 0.214 e. The van der Waals surface area contributed by atoms with Crippen LogP contribution in [0.5, 0.6) is 0 Å². The first-order chi connectivity index (χ1) is 3.79. The third-order valence-corrected chi connectivity index (χ3v) is 0.703. The molecule has 1 unspecified atom stereocenters. The molecule has 1 rings (SSSR count). The number of aliphatic imine (C=N–C) groups is 1. The fourth-order valence-electron chi connectivity index (χ4n) is 0.382. The molecule has 1 aliphatic rings. The van der Waals surface area contributed by atoms with E-state index in [9.17, 15) is 8.78 Å². The molecule has 0 aromatic heterocycles. The van der Waals surface area contributed by atoms with E-state index < -0.39 is 12.2 Å². The first kappa shape index (κ1) is 5.21. The van der Waals surface area contributed by atoms with Gasteiger partial charge in [-0.15, -0.1) is 0 Å². The summed E-state index contributed by atoms with van der Waals surface area (Å²) in [4.78, 5) is 3.16. The maximum atomic E-state index is 11.9. The normalized spacial score (nSPS) is 26.8. The number of hydrogen-bond acceptors (Lipinski definition) is 2. The maximum absolute atomic E-state index is 11.9. The fraction of sp³-hybridized carbons (Fsp3) is 0.250. The summed E-state index contributed by atoms with van der Waals surface area (Å²) < 4.78 is 23.7. The molecule has 1 N–H and O–H groups in total. The average molecular weight is 118 g/mol. The third kappa shape index (κ3) is 1.02. The lowest BCUT2D eigenvalue weighted by molar-refractivity contribution is 0.397. The molecule has 1 atom stereocenters. The van der Waals surface area contributed by atoms with Crippen LogP contribution in [0.1, 0.15) is 0 Å². The van der Waals surface area contributed by atoms with Gasteiger partial charge in [-0.3, -0.25) is 0 Å². The number of hydrogen-bond donors (Lipinski definition) is 1. The third-order valence-electron chi connectivity index (χ3n) is 0.703. The van der Waals surface area contributed by atoms with Gasteiger partial charge in [0.25, 0.3) is 0 Å². The lowest BCUT2D eigenvalue weighted by Crippen LogP contribution is -2.14. The van der Waals surface area contributed by atoms with Gasteiger partial charge in [-0.05, 0) is 0 Å². The standard InChI is InChI=1S/C4H4F2N2/c5-3-1-4(6)8-2-7-3/h1-3H,(H,7,8). The molecular formula is C4H4F2N2. The van der Waals surface area contributed by atoms with Crippen LogP contribution in [0.2, 0.25) is 0 Å². The highest BCUT2D eigenvalue weighted by atomic mass is 19.1. The van der Waals surface area contributed by atoms with E-state index in [1.54, 1.807) is 0 Å². The Balaban J connectivity index is 2.60. The van der Waals surface area contributed by atoms with Gasteiger partial charge in [0.15, 0.2) is 5.95 Å². The van der Waals surface area contributed by atoms with Crippen LogP contribution in [-0.2, 0) is 0 Å². The second kappa shape index (κ2) is 1.90. The summed E-state index contributed by atoms with van der Waals surface area (Å²) in [6.07, 6.45) is 0.219. The Morgan fingerprint density at radius 1 is 1.75 bits per heavy atom. The van der Waals surface area contributed by atoms with Crippen LogP contribution in [0, 0.1) is 0 Å². The number of nitrogens with one attached hydrogen (secondary N) is 1. The Bertz CT molecular complexity index is 141. The Labute approximate surface area is 44.9 Å². The highest BCUT2D eigenvalue weighted by Crippen LogP contribution is 2.02. The first-order valence-electron chi connectivity index (χ1n) is 2.08. The Kier molecular flexibility index (Phi) is 1.24. The van der Waals surface area contributed by atoms with Gasteiger partial charge in [0.1, 0.15) is 0 Å². The van der Waals surface area contributed by atoms with Gasteiger partial charge in [-0.1, -0.05) is 0 Å². The number of nitrogens with zero attached hydrogens (tertiary/aromatic N) is 1. The molecule has 0 saturated carbocycles. The van der Waals surface area contributed by atoms with Crippen molar-refractivity contribution < 1.29 is 8.78 Å². The molecule has 0 bridgehead atoms. The lowest BCUT2D eigenvalue weighted by atomic mass is 10.5. The molecule has 0 fully saturated rings. The van der Waals surface area contributed by atoms with Crippen LogP contribution in [-0.4, -0.2) is 12.6 Å². The zero-order valence-corrected chi connectivity index (χ0v) is 3.94. The lowest BCUT2D eigenvalue weighted by Gasteiger charge is -2.02. The zero-order chi connectivity index (χ0) is 5.98. The van der Waals surface area contributed by atoms with Crippen molar-refractivity contribution in [3.8, 4) is 0 Å². The molecule has 0 aromatic rings. The molecule has 2 nitrogen and oxygen atoms in total. The van der Waals surface area contributed by atoms with Crippen LogP contribution in [0.25, 0.3) is 0 Å². The van der Waals surface area contributed by atoms with E-state index in [1.165, 1.54) is 0 Å². The average Bonchev–Trinajstić information content (AvgIpc) is 1.64. The van der Waals surface area contributed by atoms with Crippen molar-refractivity contribution in [3.63, 3.8) is 0 Å². The van der Waals surface area contributed by atoms with Gasteiger partial charge < -0.3 is 5.32 Å². The number of alkyl halides is 1. The van der Waals surface area contributed by atoms with Crippen molar-refractivity contribution in [2.45, 2.75) is 6.30 Å². The van der Waals surface area contributed by atoms with Crippen molar-refractivity contribution >= 4 is 6.34 Å². The number of halogens is 2. The van der Waals surface area contributed by atoms with E-state index in [2.05, 4.69) is 10.3 Å². The fourth-order valence-corrected chi connectivity index (χ4v) is 0.382. The van der Waals surface area contributed by atoms with Gasteiger partial charge in [-0.25, -0.2) is 9.38 Å². The Hall–Kier alpha value is -0.930. The molecule has 44 valence electrons. The minimum atomic E-state index is -1.52. The SMILES string of the molecule is FC1=CC(F)N=CN1. The monoisotopic (exact) mass is 118 g/mol. The molecule has 0 amide bonds. The van der Waals surface area contributed by atoms with Crippen LogP contribution in [0.3, 0.4) is 0 Å². The van der Waals surface area contributed by atoms with E-state index in [4.69, 9.17) is 0 Å². The van der Waals surface area contributed by atoms with Crippen LogP contribution in [0.4, 0.5) is 8.78 Å². The van der Waals surface area contributed by atoms with Crippen molar-refractivity contribution in [2.24, 2.45) is 4.99 Å². The van der Waals surface area contributed by atoms with Crippen LogP contribution >= 0.6 is 0 Å². The summed E-state index contributed by atoms with van der Waals surface area (Å²) in [7, 11) is 0. The van der Waals surface area contributed by atoms with E-state index in [1.807, 2.05) is 0 Å². The van der Waals surface area contributed by atoms with E-state index in [0.717, 1.165) is 12.4 Å². The minimum Gasteiger partial charge on any atom is -0.323 e. The van der Waals surface area contributed by atoms with E-state index in [0.29, 0.717) is 0 Å². The summed E-state index contributed by atoms with van der Waals surface area (Å²) in [5.41, 5.74) is 0. The number of rotatable bonds is 0. The van der Waals surface area contributed by atoms with Crippen molar-refractivity contribution in [1.29, 1.82) is 0 Å². The molecule has 0 radical (unpaired) electrons. The van der Waals surface area contributed by atoms with Gasteiger partial charge in [0.2, 0.25) is 6.30 Å². The summed E-state index contributed by atoms with van der Waals surface area (Å²) in [6.45, 7) is 0. The smallest absolute Gasteiger partial charge is 0.214 e. The van der Waals surface area contributed by atoms with Crippen molar-refractivity contribution in [3.05, 3.63) is 12.0 Å². The van der Waals surface area contributed by atoms with E-state index in [-0.39, 0.29) is 0 Å². The summed E-state index contributed by atoms with van der Waals surface area (Å²) >= 11 is 0. The van der Waals surface area contributed by atoms with Crippen molar-refractivity contribution in [2.75, 3.05) is 0 Å². The molecule has 0 aliphatic carbocycles. The summed E-state index contributed by atoms with van der Waals surface area (Å²) in [5, 5.41) is 2.08. The molecule has 0 saturated heterocycles. The molecular weight excluding hydrogens is 114 g/mol. The Morgan fingerprint density at radius 3 is 2.88 bits per heavy atom. The van der Waals surface area contributed by atoms with Crippen molar-refractivity contribution in [1.82, 2.24) is 5.32 Å². The van der Waals surface area contributed by atoms with Gasteiger partial charge in [-0.2, -0.15) is 4.39 Å². The largest absolute Gasteiger partial charge is 0.323 e. The van der Waals surface area contributed by atoms with Crippen LogP contribution < -0.4 is 5.32 Å². The minimum absolute atomic E-state index is 0.688. The molecule has 1 aliphatic heterocycles. The topological polar surface area (TPSA) is 24.4 Å². The van der Waals surface area contributed by atoms with Gasteiger partial charge >= 0.3 is 0 Å². The van der Waals surface area contributed by atoms with E-state index >= 15 is 0 Å². The first-order valence-corrected chi connectivity index (χ1v) is 2.08. The second-order valence-corrected chi connectivity index (χ2v) is 1.31. The highest BCUT2D eigenvalue weighted by molar-refractivity contribution is 5.58. The molecule has 0 aromatic carbocycles. The Morgan fingerprint density at radius 2 is 2.50 bits per heavy atom. The molecule has 0 spiro atoms. The summed E-state index contributed by atoms with van der Waals surface area (Å²) in [5.74, 6) is -0.688. The highest BCUT2D eigenvalue weighted by Gasteiger charge is 2.04. The second-order valence-electron chi connectivity index (χ2n) is 1.31. The zero-order valence-electron chi connectivity index (χ0n) is 3.94.